The molecule has 20 heavy (non-hydrogen) atoms. The van der Waals surface area contributed by atoms with Crippen LogP contribution in [-0.2, 0) is 6.18 Å². The molecule has 1 saturated heterocycles. The number of anilines is 1. The predicted molar refractivity (Wildman–Crippen MR) is 70.9 cm³/mol. The summed E-state index contributed by atoms with van der Waals surface area (Å²) in [7, 11) is 0. The number of hydrogen-bond donors (Lipinski definition) is 0. The molecule has 1 fully saturated rings. The van der Waals surface area contributed by atoms with Gasteiger partial charge in [0.25, 0.3) is 0 Å². The van der Waals surface area contributed by atoms with Gasteiger partial charge in [0, 0.05) is 23.7 Å². The van der Waals surface area contributed by atoms with E-state index in [9.17, 15) is 13.2 Å². The monoisotopic (exact) mass is 284 g/mol. The molecular weight excluding hydrogens is 269 g/mol. The van der Waals surface area contributed by atoms with Gasteiger partial charge < -0.3 is 4.90 Å². The lowest BCUT2D eigenvalue weighted by molar-refractivity contribution is -0.137. The van der Waals surface area contributed by atoms with Crippen molar-refractivity contribution in [3.05, 3.63) is 34.2 Å². The molecule has 1 aromatic rings. The second-order valence-corrected chi connectivity index (χ2v) is 5.06. The van der Waals surface area contributed by atoms with Crippen LogP contribution in [0.2, 0.25) is 0 Å². The van der Waals surface area contributed by atoms with Crippen LogP contribution in [0.3, 0.4) is 0 Å². The van der Waals surface area contributed by atoms with Gasteiger partial charge in [0.05, 0.1) is 11.3 Å². The van der Waals surface area contributed by atoms with Crippen LogP contribution < -0.4 is 4.90 Å². The molecule has 1 aliphatic heterocycles. The summed E-state index contributed by atoms with van der Waals surface area (Å²) >= 11 is 0. The highest BCUT2D eigenvalue weighted by atomic mass is 19.4. The van der Waals surface area contributed by atoms with Gasteiger partial charge in [-0.3, -0.25) is 0 Å². The van der Waals surface area contributed by atoms with Crippen molar-refractivity contribution in [1.82, 2.24) is 0 Å². The highest BCUT2D eigenvalue weighted by molar-refractivity contribution is 5.68. The number of nitrogens with zero attached hydrogens (tertiary/aromatic N) is 4. The van der Waals surface area contributed by atoms with Crippen LogP contribution in [0, 0.1) is 5.92 Å². The van der Waals surface area contributed by atoms with E-state index in [1.165, 1.54) is 6.07 Å². The van der Waals surface area contributed by atoms with Crippen molar-refractivity contribution >= 4 is 11.4 Å². The molecule has 0 spiro atoms. The molecule has 0 saturated carbocycles. The SMILES string of the molecule is CC1CCN(c2ccc(C(F)(F)F)cc2N=[N+]=[N-])CC1. The zero-order valence-corrected chi connectivity index (χ0v) is 11.1. The number of alkyl halides is 3. The average Bonchev–Trinajstić information content (AvgIpc) is 2.39. The molecule has 2 rings (SSSR count). The van der Waals surface area contributed by atoms with Crippen molar-refractivity contribution in [3.8, 4) is 0 Å². The summed E-state index contributed by atoms with van der Waals surface area (Å²) in [6.45, 7) is 3.68. The molecule has 7 heteroatoms. The van der Waals surface area contributed by atoms with Crippen LogP contribution in [0.4, 0.5) is 24.5 Å². The van der Waals surface area contributed by atoms with Gasteiger partial charge >= 0.3 is 6.18 Å². The van der Waals surface area contributed by atoms with Gasteiger partial charge in [-0.1, -0.05) is 12.0 Å². The molecule has 108 valence electrons. The minimum absolute atomic E-state index is 0.0388. The van der Waals surface area contributed by atoms with Crippen molar-refractivity contribution < 1.29 is 13.2 Å². The van der Waals surface area contributed by atoms with Crippen LogP contribution in [0.5, 0.6) is 0 Å². The first-order valence-electron chi connectivity index (χ1n) is 6.43. The molecule has 0 amide bonds. The summed E-state index contributed by atoms with van der Waals surface area (Å²) < 4.78 is 38.1. The lowest BCUT2D eigenvalue weighted by Crippen LogP contribution is -2.32. The van der Waals surface area contributed by atoms with Gasteiger partial charge in [0.1, 0.15) is 0 Å². The number of piperidine rings is 1. The molecule has 0 radical (unpaired) electrons. The molecular formula is C13H15F3N4. The van der Waals surface area contributed by atoms with Crippen molar-refractivity contribution in [2.24, 2.45) is 11.0 Å². The van der Waals surface area contributed by atoms with E-state index in [2.05, 4.69) is 16.9 Å². The molecule has 0 N–H and O–H groups in total. The maximum absolute atomic E-state index is 12.7. The Balaban J connectivity index is 2.35. The Labute approximate surface area is 114 Å². The molecule has 1 aromatic carbocycles. The summed E-state index contributed by atoms with van der Waals surface area (Å²) in [6, 6.07) is 3.33. The van der Waals surface area contributed by atoms with E-state index in [-0.39, 0.29) is 5.69 Å². The lowest BCUT2D eigenvalue weighted by Gasteiger charge is -2.33. The Bertz CT molecular complexity index is 527. The van der Waals surface area contributed by atoms with Crippen LogP contribution in [0.25, 0.3) is 10.4 Å². The van der Waals surface area contributed by atoms with E-state index < -0.39 is 11.7 Å². The Morgan fingerprint density at radius 1 is 1.30 bits per heavy atom. The maximum Gasteiger partial charge on any atom is 0.416 e. The van der Waals surface area contributed by atoms with Crippen molar-refractivity contribution in [2.45, 2.75) is 25.9 Å². The summed E-state index contributed by atoms with van der Waals surface area (Å²) in [4.78, 5) is 4.61. The maximum atomic E-state index is 12.7. The molecule has 4 nitrogen and oxygen atoms in total. The minimum Gasteiger partial charge on any atom is -0.371 e. The molecule has 0 aromatic heterocycles. The molecule has 0 atom stereocenters. The van der Waals surface area contributed by atoms with E-state index in [0.717, 1.165) is 38.1 Å². The summed E-state index contributed by atoms with van der Waals surface area (Å²) in [5.74, 6) is 0.614. The largest absolute Gasteiger partial charge is 0.416 e. The van der Waals surface area contributed by atoms with Crippen LogP contribution in [0.15, 0.2) is 23.3 Å². The number of azide groups is 1. The first-order valence-corrected chi connectivity index (χ1v) is 6.43. The molecule has 0 aliphatic carbocycles. The highest BCUT2D eigenvalue weighted by Crippen LogP contribution is 2.38. The first-order chi connectivity index (χ1) is 9.41. The predicted octanol–water partition coefficient (Wildman–Crippen LogP) is 4.88. The second kappa shape index (κ2) is 5.63. The zero-order valence-electron chi connectivity index (χ0n) is 11.1. The van der Waals surface area contributed by atoms with Gasteiger partial charge in [-0.05, 0) is 42.5 Å². The fourth-order valence-corrected chi connectivity index (χ4v) is 2.34. The quantitative estimate of drug-likeness (QED) is 0.433. The molecule has 1 heterocycles. The highest BCUT2D eigenvalue weighted by Gasteiger charge is 2.31. The van der Waals surface area contributed by atoms with E-state index in [1.54, 1.807) is 0 Å². The zero-order chi connectivity index (χ0) is 14.8. The summed E-state index contributed by atoms with van der Waals surface area (Å²) in [5, 5.41) is 3.41. The van der Waals surface area contributed by atoms with Crippen molar-refractivity contribution in [3.63, 3.8) is 0 Å². The van der Waals surface area contributed by atoms with Crippen LogP contribution in [0.1, 0.15) is 25.3 Å². The van der Waals surface area contributed by atoms with Crippen LogP contribution >= 0.6 is 0 Å². The van der Waals surface area contributed by atoms with E-state index in [1.807, 2.05) is 4.90 Å². The Hall–Kier alpha value is -1.88. The molecule has 0 unspecified atom stereocenters. The molecule has 0 bridgehead atoms. The lowest BCUT2D eigenvalue weighted by atomic mass is 9.98. The number of halogens is 3. The van der Waals surface area contributed by atoms with Gasteiger partial charge in [-0.25, -0.2) is 0 Å². The third kappa shape index (κ3) is 3.17. The topological polar surface area (TPSA) is 52.0 Å². The third-order valence-corrected chi connectivity index (χ3v) is 3.58. The number of hydrogen-bond acceptors (Lipinski definition) is 2. The van der Waals surface area contributed by atoms with Crippen molar-refractivity contribution in [1.29, 1.82) is 0 Å². The van der Waals surface area contributed by atoms with Gasteiger partial charge in [0.2, 0.25) is 0 Å². The van der Waals surface area contributed by atoms with Gasteiger partial charge in [-0.15, -0.1) is 0 Å². The summed E-state index contributed by atoms with van der Waals surface area (Å²) in [5.41, 5.74) is 8.35. The Morgan fingerprint density at radius 3 is 2.50 bits per heavy atom. The normalized spacial score (nSPS) is 16.9. The fourth-order valence-electron chi connectivity index (χ4n) is 2.34. The fraction of sp³-hybridized carbons (Fsp3) is 0.538. The van der Waals surface area contributed by atoms with E-state index >= 15 is 0 Å². The minimum atomic E-state index is -4.44. The number of benzene rings is 1. The third-order valence-electron chi connectivity index (χ3n) is 3.58. The van der Waals surface area contributed by atoms with Gasteiger partial charge in [0.15, 0.2) is 0 Å². The number of rotatable bonds is 2. The van der Waals surface area contributed by atoms with Gasteiger partial charge in [-0.2, -0.15) is 13.2 Å². The Morgan fingerprint density at radius 2 is 1.95 bits per heavy atom. The smallest absolute Gasteiger partial charge is 0.371 e. The second-order valence-electron chi connectivity index (χ2n) is 5.06. The standard InChI is InChI=1S/C13H15F3N4/c1-9-4-6-20(7-5-9)12-3-2-10(13(14,15)16)8-11(12)18-19-17/h2-3,8-9H,4-7H2,1H3. The summed E-state index contributed by atoms with van der Waals surface area (Å²) in [6.07, 6.45) is -2.47. The average molecular weight is 284 g/mol. The van der Waals surface area contributed by atoms with Crippen LogP contribution in [-0.4, -0.2) is 13.1 Å². The van der Waals surface area contributed by atoms with Crippen molar-refractivity contribution in [2.75, 3.05) is 18.0 Å². The van der Waals surface area contributed by atoms with E-state index in [4.69, 9.17) is 5.53 Å². The Kier molecular flexibility index (Phi) is 4.09. The first kappa shape index (κ1) is 14.5. The van der Waals surface area contributed by atoms with E-state index in [0.29, 0.717) is 11.6 Å². The molecule has 1 aliphatic rings.